The highest BCUT2D eigenvalue weighted by Crippen LogP contribution is 2.35. The predicted octanol–water partition coefficient (Wildman–Crippen LogP) is 0.474. The first kappa shape index (κ1) is 16.1. The molecule has 0 bridgehead atoms. The van der Waals surface area contributed by atoms with Crippen LogP contribution in [0.1, 0.15) is 22.9 Å². The number of aliphatic hydroxyl groups excluding tert-OH is 1. The Hall–Kier alpha value is -2.38. The third-order valence-electron chi connectivity index (χ3n) is 5.30. The van der Waals surface area contributed by atoms with Crippen LogP contribution in [0.3, 0.4) is 0 Å². The summed E-state index contributed by atoms with van der Waals surface area (Å²) in [4.78, 5) is 22.5. The van der Waals surface area contributed by atoms with Crippen molar-refractivity contribution >= 4 is 5.91 Å². The molecule has 0 radical (unpaired) electrons. The number of hydrogen-bond acceptors (Lipinski definition) is 5. The maximum absolute atomic E-state index is 13.0. The van der Waals surface area contributed by atoms with Crippen molar-refractivity contribution in [1.82, 2.24) is 20.2 Å². The fourth-order valence-electron chi connectivity index (χ4n) is 3.69. The van der Waals surface area contributed by atoms with Gasteiger partial charge in [0.1, 0.15) is 5.75 Å². The van der Waals surface area contributed by atoms with Crippen molar-refractivity contribution in [3.63, 3.8) is 0 Å². The highest BCUT2D eigenvalue weighted by Gasteiger charge is 2.47. The molecule has 4 rings (SSSR count). The van der Waals surface area contributed by atoms with Crippen LogP contribution in [0.25, 0.3) is 0 Å². The lowest BCUT2D eigenvalue weighted by Crippen LogP contribution is -2.64. The van der Waals surface area contributed by atoms with Gasteiger partial charge < -0.3 is 25.0 Å². The van der Waals surface area contributed by atoms with Crippen molar-refractivity contribution in [2.75, 3.05) is 33.4 Å². The summed E-state index contributed by atoms with van der Waals surface area (Å²) in [6.07, 6.45) is 1.68. The number of fused-ring (bicyclic) bond motifs is 1. The van der Waals surface area contributed by atoms with Crippen molar-refractivity contribution in [3.8, 4) is 5.75 Å². The second-order valence-corrected chi connectivity index (χ2v) is 6.82. The Morgan fingerprint density at radius 2 is 2.32 bits per heavy atom. The molecule has 2 aliphatic heterocycles. The summed E-state index contributed by atoms with van der Waals surface area (Å²) in [6.45, 7) is 1.97. The SMILES string of the molecule is COc1cccc(C2CN(C(=O)C3(CO)CNC3)Cc3[nH]cnc32)c1. The van der Waals surface area contributed by atoms with Crippen LogP contribution >= 0.6 is 0 Å². The average Bonchev–Trinajstić information content (AvgIpc) is 3.09. The molecule has 132 valence electrons. The van der Waals surface area contributed by atoms with Crippen LogP contribution in [0.5, 0.6) is 5.75 Å². The third kappa shape index (κ3) is 2.60. The molecule has 1 aromatic carbocycles. The minimum Gasteiger partial charge on any atom is -0.497 e. The van der Waals surface area contributed by atoms with Crippen molar-refractivity contribution in [3.05, 3.63) is 47.5 Å². The molecule has 1 unspecified atom stereocenters. The molecule has 3 heterocycles. The molecular formula is C18H22N4O3. The Labute approximate surface area is 146 Å². The number of benzene rings is 1. The monoisotopic (exact) mass is 342 g/mol. The number of hydrogen-bond donors (Lipinski definition) is 3. The number of imidazole rings is 1. The van der Waals surface area contributed by atoms with E-state index in [2.05, 4.69) is 15.3 Å². The molecule has 3 N–H and O–H groups in total. The number of aliphatic hydroxyl groups is 1. The summed E-state index contributed by atoms with van der Waals surface area (Å²) < 4.78 is 5.34. The van der Waals surface area contributed by atoms with Gasteiger partial charge in [-0.1, -0.05) is 12.1 Å². The van der Waals surface area contributed by atoms with Gasteiger partial charge in [0.2, 0.25) is 5.91 Å². The van der Waals surface area contributed by atoms with Gasteiger partial charge in [0.25, 0.3) is 0 Å². The zero-order valence-electron chi connectivity index (χ0n) is 14.2. The Bertz CT molecular complexity index is 779. The molecule has 2 aliphatic rings. The number of H-pyrrole nitrogens is 1. The second kappa shape index (κ2) is 6.16. The maximum atomic E-state index is 13.0. The van der Waals surface area contributed by atoms with E-state index in [0.29, 0.717) is 26.2 Å². The van der Waals surface area contributed by atoms with Gasteiger partial charge in [0.05, 0.1) is 43.4 Å². The molecule has 0 saturated carbocycles. The van der Waals surface area contributed by atoms with Crippen molar-refractivity contribution in [2.24, 2.45) is 5.41 Å². The first-order chi connectivity index (χ1) is 12.2. The van der Waals surface area contributed by atoms with E-state index >= 15 is 0 Å². The lowest BCUT2D eigenvalue weighted by atomic mass is 9.80. The summed E-state index contributed by atoms with van der Waals surface area (Å²) in [5, 5.41) is 12.8. The number of aromatic nitrogens is 2. The van der Waals surface area contributed by atoms with Gasteiger partial charge >= 0.3 is 0 Å². The van der Waals surface area contributed by atoms with E-state index in [1.54, 1.807) is 13.4 Å². The number of nitrogens with zero attached hydrogens (tertiary/aromatic N) is 2. The lowest BCUT2D eigenvalue weighted by molar-refractivity contribution is -0.149. The zero-order valence-corrected chi connectivity index (χ0v) is 14.2. The first-order valence-electron chi connectivity index (χ1n) is 8.44. The molecule has 2 aromatic rings. The van der Waals surface area contributed by atoms with Gasteiger partial charge in [-0.15, -0.1) is 0 Å². The van der Waals surface area contributed by atoms with Crippen LogP contribution in [0.2, 0.25) is 0 Å². The standard InChI is InChI=1S/C18H22N4O3/c1-25-13-4-2-3-12(5-13)14-6-22(7-15-16(14)21-11-20-15)17(24)18(10-23)8-19-9-18/h2-5,11,14,19,23H,6-10H2,1H3,(H,20,21). The van der Waals surface area contributed by atoms with Crippen LogP contribution in [-0.4, -0.2) is 59.2 Å². The molecule has 1 saturated heterocycles. The normalized spacial score (nSPS) is 21.4. The number of aromatic amines is 1. The molecule has 25 heavy (non-hydrogen) atoms. The van der Waals surface area contributed by atoms with Crippen LogP contribution < -0.4 is 10.1 Å². The van der Waals surface area contributed by atoms with E-state index in [0.717, 1.165) is 22.7 Å². The van der Waals surface area contributed by atoms with Gasteiger partial charge in [-0.05, 0) is 17.7 Å². The van der Waals surface area contributed by atoms with Gasteiger partial charge in [-0.2, -0.15) is 0 Å². The molecule has 7 heteroatoms. The highest BCUT2D eigenvalue weighted by molar-refractivity contribution is 5.85. The fourth-order valence-corrected chi connectivity index (χ4v) is 3.69. The van der Waals surface area contributed by atoms with E-state index in [-0.39, 0.29) is 18.4 Å². The predicted molar refractivity (Wildman–Crippen MR) is 91.2 cm³/mol. The maximum Gasteiger partial charge on any atom is 0.234 e. The molecule has 7 nitrogen and oxygen atoms in total. The molecule has 1 aromatic heterocycles. The van der Waals surface area contributed by atoms with Gasteiger partial charge in [-0.3, -0.25) is 4.79 Å². The fraction of sp³-hybridized carbons (Fsp3) is 0.444. The van der Waals surface area contributed by atoms with Gasteiger partial charge in [-0.25, -0.2) is 4.98 Å². The Kier molecular flexibility index (Phi) is 3.97. The summed E-state index contributed by atoms with van der Waals surface area (Å²) in [7, 11) is 1.64. The summed E-state index contributed by atoms with van der Waals surface area (Å²) in [5.41, 5.74) is 2.31. The Morgan fingerprint density at radius 3 is 3.00 bits per heavy atom. The number of amides is 1. The van der Waals surface area contributed by atoms with E-state index < -0.39 is 5.41 Å². The highest BCUT2D eigenvalue weighted by atomic mass is 16.5. The second-order valence-electron chi connectivity index (χ2n) is 6.82. The number of rotatable bonds is 4. The first-order valence-corrected chi connectivity index (χ1v) is 8.44. The molecule has 1 fully saturated rings. The van der Waals surface area contributed by atoms with Crippen molar-refractivity contribution in [2.45, 2.75) is 12.5 Å². The smallest absolute Gasteiger partial charge is 0.234 e. The molecular weight excluding hydrogens is 320 g/mol. The van der Waals surface area contributed by atoms with Crippen LogP contribution in [0.4, 0.5) is 0 Å². The molecule has 0 aliphatic carbocycles. The Balaban J connectivity index is 1.67. The number of methoxy groups -OCH3 is 1. The molecule has 0 spiro atoms. The number of carbonyl (C=O) groups is 1. The van der Waals surface area contributed by atoms with Crippen molar-refractivity contribution in [1.29, 1.82) is 0 Å². The quantitative estimate of drug-likeness (QED) is 0.752. The van der Waals surface area contributed by atoms with Crippen molar-refractivity contribution < 1.29 is 14.6 Å². The zero-order chi connectivity index (χ0) is 17.4. The van der Waals surface area contributed by atoms with Crippen LogP contribution in [0, 0.1) is 5.41 Å². The molecule has 1 atom stereocenters. The minimum absolute atomic E-state index is 0.00176. The minimum atomic E-state index is -0.684. The largest absolute Gasteiger partial charge is 0.497 e. The van der Waals surface area contributed by atoms with E-state index in [1.807, 2.05) is 29.2 Å². The Morgan fingerprint density at radius 1 is 1.48 bits per heavy atom. The van der Waals surface area contributed by atoms with Gasteiger partial charge in [0.15, 0.2) is 0 Å². The summed E-state index contributed by atoms with van der Waals surface area (Å²) in [6, 6.07) is 7.88. The third-order valence-corrected chi connectivity index (χ3v) is 5.30. The number of carbonyl (C=O) groups excluding carboxylic acids is 1. The number of nitrogens with one attached hydrogen (secondary N) is 2. The average molecular weight is 342 g/mol. The van der Waals surface area contributed by atoms with E-state index in [4.69, 9.17) is 4.74 Å². The van der Waals surface area contributed by atoms with Crippen LogP contribution in [0.15, 0.2) is 30.6 Å². The molecule has 1 amide bonds. The number of ether oxygens (including phenoxy) is 1. The summed E-state index contributed by atoms with van der Waals surface area (Å²) in [5.74, 6) is 0.771. The van der Waals surface area contributed by atoms with Crippen LogP contribution in [-0.2, 0) is 11.3 Å². The topological polar surface area (TPSA) is 90.5 Å². The van der Waals surface area contributed by atoms with Gasteiger partial charge in [0, 0.05) is 25.6 Å². The van der Waals surface area contributed by atoms with E-state index in [1.165, 1.54) is 0 Å². The van der Waals surface area contributed by atoms with E-state index in [9.17, 15) is 9.90 Å². The summed E-state index contributed by atoms with van der Waals surface area (Å²) >= 11 is 0. The lowest BCUT2D eigenvalue weighted by Gasteiger charge is -2.44.